The number of fused-ring (bicyclic) bond motifs is 1. The van der Waals surface area contributed by atoms with Crippen LogP contribution in [0.1, 0.15) is 19.8 Å². The minimum atomic E-state index is -0.207. The van der Waals surface area contributed by atoms with E-state index in [2.05, 4.69) is 27.2 Å². The number of rotatable bonds is 4. The van der Waals surface area contributed by atoms with Gasteiger partial charge in [-0.2, -0.15) is 4.98 Å². The molecule has 0 aromatic carbocycles. The van der Waals surface area contributed by atoms with E-state index in [-0.39, 0.29) is 11.5 Å². The van der Waals surface area contributed by atoms with Gasteiger partial charge in [-0.1, -0.05) is 13.3 Å². The monoisotopic (exact) mass is 233 g/mol. The van der Waals surface area contributed by atoms with Crippen LogP contribution in [-0.4, -0.2) is 21.5 Å². The average molecular weight is 233 g/mol. The van der Waals surface area contributed by atoms with Gasteiger partial charge in [-0.05, 0) is 12.5 Å². The fraction of sp³-hybridized carbons (Fsp3) is 0.364. The molecule has 90 valence electrons. The lowest BCUT2D eigenvalue weighted by molar-refractivity contribution is 0.831. The van der Waals surface area contributed by atoms with E-state index in [1.54, 1.807) is 12.3 Å². The van der Waals surface area contributed by atoms with Crippen molar-refractivity contribution < 1.29 is 0 Å². The summed E-state index contributed by atoms with van der Waals surface area (Å²) in [6.07, 6.45) is 3.63. The van der Waals surface area contributed by atoms with Gasteiger partial charge in [0.15, 0.2) is 0 Å². The van der Waals surface area contributed by atoms with Crippen molar-refractivity contribution in [1.29, 1.82) is 0 Å². The summed E-state index contributed by atoms with van der Waals surface area (Å²) >= 11 is 0. The summed E-state index contributed by atoms with van der Waals surface area (Å²) in [4.78, 5) is 22.4. The van der Waals surface area contributed by atoms with Gasteiger partial charge in [0.05, 0.1) is 5.52 Å². The molecule has 0 unspecified atom stereocenters. The molecule has 0 fully saturated rings. The van der Waals surface area contributed by atoms with Crippen molar-refractivity contribution >= 4 is 22.7 Å². The maximum atomic E-state index is 11.7. The molecule has 4 N–H and O–H groups in total. The Bertz CT molecular complexity index is 578. The molecule has 2 rings (SSSR count). The Morgan fingerprint density at radius 3 is 3.06 bits per heavy atom. The summed E-state index contributed by atoms with van der Waals surface area (Å²) in [5, 5.41) is 3.58. The number of hydrogen-bond acceptors (Lipinski definition) is 5. The van der Waals surface area contributed by atoms with E-state index in [4.69, 9.17) is 5.73 Å². The van der Waals surface area contributed by atoms with Crippen molar-refractivity contribution in [1.82, 2.24) is 15.0 Å². The molecule has 0 aliphatic rings. The number of nitrogens with two attached hydrogens (primary N) is 1. The number of aromatic nitrogens is 3. The lowest BCUT2D eigenvalue weighted by Gasteiger charge is -2.07. The summed E-state index contributed by atoms with van der Waals surface area (Å²) < 4.78 is 0. The van der Waals surface area contributed by atoms with Gasteiger partial charge < -0.3 is 16.0 Å². The number of nitrogens with zero attached hydrogens (tertiary/aromatic N) is 2. The first-order chi connectivity index (χ1) is 8.22. The Morgan fingerprint density at radius 2 is 2.29 bits per heavy atom. The largest absolute Gasteiger partial charge is 0.369 e. The Kier molecular flexibility index (Phi) is 3.22. The highest BCUT2D eigenvalue weighted by atomic mass is 16.1. The normalized spacial score (nSPS) is 10.6. The maximum Gasteiger partial charge on any atom is 0.261 e. The third kappa shape index (κ3) is 2.35. The Hall–Kier alpha value is -2.11. The number of H-pyrrole nitrogens is 1. The first kappa shape index (κ1) is 11.4. The van der Waals surface area contributed by atoms with Gasteiger partial charge >= 0.3 is 0 Å². The summed E-state index contributed by atoms with van der Waals surface area (Å²) in [5.41, 5.74) is 5.95. The van der Waals surface area contributed by atoms with E-state index in [0.29, 0.717) is 16.7 Å². The van der Waals surface area contributed by atoms with Crippen molar-refractivity contribution in [2.24, 2.45) is 0 Å². The molecule has 2 aromatic heterocycles. The third-order valence-electron chi connectivity index (χ3n) is 2.46. The van der Waals surface area contributed by atoms with Crippen molar-refractivity contribution in [2.75, 3.05) is 17.6 Å². The Balaban J connectivity index is 2.49. The van der Waals surface area contributed by atoms with E-state index < -0.39 is 0 Å². The van der Waals surface area contributed by atoms with Crippen LogP contribution < -0.4 is 16.6 Å². The van der Waals surface area contributed by atoms with E-state index in [1.165, 1.54) is 0 Å². The van der Waals surface area contributed by atoms with Crippen LogP contribution in [0.2, 0.25) is 0 Å². The highest BCUT2D eigenvalue weighted by molar-refractivity contribution is 5.88. The molecule has 0 amide bonds. The highest BCUT2D eigenvalue weighted by Crippen LogP contribution is 2.16. The van der Waals surface area contributed by atoms with Gasteiger partial charge in [-0.25, -0.2) is 4.98 Å². The molecule has 6 nitrogen and oxygen atoms in total. The van der Waals surface area contributed by atoms with Gasteiger partial charge in [0.1, 0.15) is 11.2 Å². The molecule has 0 saturated carbocycles. The molecule has 0 spiro atoms. The molecule has 0 saturated heterocycles. The topological polar surface area (TPSA) is 96.7 Å². The number of aromatic amines is 1. The van der Waals surface area contributed by atoms with Gasteiger partial charge in [-0.15, -0.1) is 0 Å². The van der Waals surface area contributed by atoms with Crippen molar-refractivity contribution in [3.8, 4) is 0 Å². The molecule has 6 heteroatoms. The smallest absolute Gasteiger partial charge is 0.261 e. The molecule has 2 heterocycles. The molecule has 0 radical (unpaired) electrons. The first-order valence-electron chi connectivity index (χ1n) is 5.61. The fourth-order valence-corrected chi connectivity index (χ4v) is 1.62. The van der Waals surface area contributed by atoms with E-state index in [0.717, 1.165) is 19.4 Å². The number of unbranched alkanes of at least 4 members (excludes halogenated alkanes) is 1. The molecule has 17 heavy (non-hydrogen) atoms. The van der Waals surface area contributed by atoms with E-state index in [9.17, 15) is 4.79 Å². The molecular formula is C11H15N5O. The van der Waals surface area contributed by atoms with Crippen LogP contribution in [0.5, 0.6) is 0 Å². The second-order valence-electron chi connectivity index (χ2n) is 3.78. The SMILES string of the molecule is CCCCNc1nc(N)nc2cc[nH]c(=O)c12. The minimum Gasteiger partial charge on any atom is -0.369 e. The Morgan fingerprint density at radius 1 is 1.47 bits per heavy atom. The van der Waals surface area contributed by atoms with Crippen LogP contribution >= 0.6 is 0 Å². The molecule has 0 atom stereocenters. The third-order valence-corrected chi connectivity index (χ3v) is 2.46. The summed E-state index contributed by atoms with van der Waals surface area (Å²) in [6, 6.07) is 1.71. The van der Waals surface area contributed by atoms with Crippen molar-refractivity contribution in [3.63, 3.8) is 0 Å². The molecule has 0 bridgehead atoms. The van der Waals surface area contributed by atoms with Crippen LogP contribution in [0.15, 0.2) is 17.1 Å². The van der Waals surface area contributed by atoms with Gasteiger partial charge in [0.25, 0.3) is 5.56 Å². The van der Waals surface area contributed by atoms with Crippen LogP contribution in [0, 0.1) is 0 Å². The number of nitrogen functional groups attached to an aromatic ring is 1. The van der Waals surface area contributed by atoms with Crippen molar-refractivity contribution in [3.05, 3.63) is 22.6 Å². The lowest BCUT2D eigenvalue weighted by Crippen LogP contribution is -2.13. The lowest BCUT2D eigenvalue weighted by atomic mass is 10.3. The summed E-state index contributed by atoms with van der Waals surface area (Å²) in [7, 11) is 0. The number of nitrogens with one attached hydrogen (secondary N) is 2. The first-order valence-corrected chi connectivity index (χ1v) is 5.61. The van der Waals surface area contributed by atoms with Crippen LogP contribution in [0.25, 0.3) is 10.9 Å². The van der Waals surface area contributed by atoms with E-state index >= 15 is 0 Å². The fourth-order valence-electron chi connectivity index (χ4n) is 1.62. The second kappa shape index (κ2) is 4.82. The zero-order chi connectivity index (χ0) is 12.3. The van der Waals surface area contributed by atoms with Gasteiger partial charge in [0, 0.05) is 12.7 Å². The Labute approximate surface area is 98.3 Å². The molecule has 0 aliphatic heterocycles. The van der Waals surface area contributed by atoms with Crippen molar-refractivity contribution in [2.45, 2.75) is 19.8 Å². The molecule has 2 aromatic rings. The minimum absolute atomic E-state index is 0.169. The zero-order valence-electron chi connectivity index (χ0n) is 9.66. The number of anilines is 2. The maximum absolute atomic E-state index is 11.7. The van der Waals surface area contributed by atoms with Crippen LogP contribution in [0.3, 0.4) is 0 Å². The zero-order valence-corrected chi connectivity index (χ0v) is 9.66. The molecule has 0 aliphatic carbocycles. The quantitative estimate of drug-likeness (QED) is 0.687. The predicted octanol–water partition coefficient (Wildman–Crippen LogP) is 1.11. The summed E-state index contributed by atoms with van der Waals surface area (Å²) in [5.74, 6) is 0.671. The molecular weight excluding hydrogens is 218 g/mol. The standard InChI is InChI=1S/C11H15N5O/c1-2-3-5-13-9-8-7(15-11(12)16-9)4-6-14-10(8)17/h4,6H,2-3,5H2,1H3,(H,14,17)(H3,12,13,15,16). The second-order valence-corrected chi connectivity index (χ2v) is 3.78. The predicted molar refractivity (Wildman–Crippen MR) is 68.0 cm³/mol. The highest BCUT2D eigenvalue weighted by Gasteiger charge is 2.08. The van der Waals surface area contributed by atoms with Gasteiger partial charge in [0.2, 0.25) is 5.95 Å². The van der Waals surface area contributed by atoms with Crippen LogP contribution in [0.4, 0.5) is 11.8 Å². The number of pyridine rings is 1. The average Bonchev–Trinajstić information content (AvgIpc) is 2.28. The number of hydrogen-bond donors (Lipinski definition) is 3. The van der Waals surface area contributed by atoms with Gasteiger partial charge in [-0.3, -0.25) is 4.79 Å². The summed E-state index contributed by atoms with van der Waals surface area (Å²) in [6.45, 7) is 2.86. The van der Waals surface area contributed by atoms with E-state index in [1.807, 2.05) is 0 Å². The van der Waals surface area contributed by atoms with Crippen LogP contribution in [-0.2, 0) is 0 Å².